The molecule has 5 atom stereocenters. The van der Waals surface area contributed by atoms with Crippen molar-refractivity contribution in [2.75, 3.05) is 0 Å². The van der Waals surface area contributed by atoms with Gasteiger partial charge >= 0.3 is 23.9 Å². The predicted octanol–water partition coefficient (Wildman–Crippen LogP) is -3.95. The fourth-order valence-corrected chi connectivity index (χ4v) is 2.39. The molecule has 0 aromatic heterocycles. The molecule has 0 aromatic rings. The molecule has 33 heavy (non-hydrogen) atoms. The van der Waals surface area contributed by atoms with Gasteiger partial charge in [-0.15, -0.1) is 0 Å². The summed E-state index contributed by atoms with van der Waals surface area (Å²) in [7, 11) is 0. The zero-order valence-electron chi connectivity index (χ0n) is 17.4. The summed E-state index contributed by atoms with van der Waals surface area (Å²) in [6.07, 6.45) is -4.59. The molecule has 186 valence electrons. The molecule has 0 saturated carbocycles. The van der Waals surface area contributed by atoms with Crippen molar-refractivity contribution in [3.63, 3.8) is 0 Å². The van der Waals surface area contributed by atoms with E-state index < -0.39 is 97.6 Å². The van der Waals surface area contributed by atoms with Crippen molar-refractivity contribution in [2.24, 2.45) is 5.73 Å². The first-order valence-electron chi connectivity index (χ1n) is 9.38. The molecule has 0 saturated heterocycles. The minimum Gasteiger partial charge on any atom is -0.481 e. The van der Waals surface area contributed by atoms with Crippen molar-refractivity contribution in [1.82, 2.24) is 16.0 Å². The summed E-state index contributed by atoms with van der Waals surface area (Å²) in [5.74, 6) is -9.62. The Labute approximate surface area is 186 Å². The van der Waals surface area contributed by atoms with Gasteiger partial charge in [0.1, 0.15) is 12.1 Å². The molecular formula is C17H26N4O12. The van der Waals surface area contributed by atoms with Crippen LogP contribution in [0, 0.1) is 0 Å². The molecule has 16 nitrogen and oxygen atoms in total. The van der Waals surface area contributed by atoms with Crippen molar-refractivity contribution < 1.29 is 59.1 Å². The Bertz CT molecular complexity index is 784. The van der Waals surface area contributed by atoms with Crippen molar-refractivity contribution in [3.8, 4) is 0 Å². The number of rotatable bonds is 15. The molecule has 0 radical (unpaired) electrons. The molecule has 0 bridgehead atoms. The number of aliphatic hydroxyl groups excluding tert-OH is 1. The average molecular weight is 478 g/mol. The Morgan fingerprint density at radius 3 is 1.64 bits per heavy atom. The lowest BCUT2D eigenvalue weighted by atomic mass is 10.1. The summed E-state index contributed by atoms with van der Waals surface area (Å²) >= 11 is 0. The van der Waals surface area contributed by atoms with Crippen LogP contribution in [0.1, 0.15) is 32.6 Å². The third kappa shape index (κ3) is 11.4. The van der Waals surface area contributed by atoms with Crippen LogP contribution in [0.25, 0.3) is 0 Å². The van der Waals surface area contributed by atoms with Gasteiger partial charge in [-0.25, -0.2) is 4.79 Å². The van der Waals surface area contributed by atoms with Gasteiger partial charge in [-0.1, -0.05) is 0 Å². The minimum atomic E-state index is -1.87. The van der Waals surface area contributed by atoms with Gasteiger partial charge in [0, 0.05) is 6.42 Å². The van der Waals surface area contributed by atoms with Gasteiger partial charge in [-0.3, -0.25) is 28.8 Å². The predicted molar refractivity (Wildman–Crippen MR) is 104 cm³/mol. The summed E-state index contributed by atoms with van der Waals surface area (Å²) in [4.78, 5) is 80.7. The molecule has 0 fully saturated rings. The summed E-state index contributed by atoms with van der Waals surface area (Å²) < 4.78 is 0. The number of aliphatic carboxylic acids is 4. The van der Waals surface area contributed by atoms with Gasteiger partial charge in [-0.2, -0.15) is 0 Å². The van der Waals surface area contributed by atoms with Crippen LogP contribution in [0.15, 0.2) is 0 Å². The van der Waals surface area contributed by atoms with Crippen molar-refractivity contribution in [1.29, 1.82) is 0 Å². The number of carbonyl (C=O) groups is 7. The first-order chi connectivity index (χ1) is 15.1. The van der Waals surface area contributed by atoms with E-state index in [1.165, 1.54) is 0 Å². The SMILES string of the molecule is CC(O)C(NC(=O)C(CC(=O)O)NC(=O)C(CCC(=O)O)NC(=O)C(N)CC(=O)O)C(=O)O. The number of nitrogens with one attached hydrogen (secondary N) is 3. The monoisotopic (exact) mass is 478 g/mol. The lowest BCUT2D eigenvalue weighted by Gasteiger charge is -2.24. The molecule has 3 amide bonds. The highest BCUT2D eigenvalue weighted by Crippen LogP contribution is 2.04. The van der Waals surface area contributed by atoms with Gasteiger partial charge in [0.15, 0.2) is 6.04 Å². The van der Waals surface area contributed by atoms with Crippen LogP contribution in [-0.2, 0) is 33.6 Å². The number of carbonyl (C=O) groups excluding carboxylic acids is 3. The van der Waals surface area contributed by atoms with Crippen LogP contribution in [0.2, 0.25) is 0 Å². The molecule has 0 aliphatic rings. The highest BCUT2D eigenvalue weighted by atomic mass is 16.4. The van der Waals surface area contributed by atoms with Crippen molar-refractivity contribution in [2.45, 2.75) is 62.9 Å². The van der Waals surface area contributed by atoms with Crippen LogP contribution >= 0.6 is 0 Å². The normalized spacial score (nSPS) is 15.1. The number of hydrogen-bond acceptors (Lipinski definition) is 9. The number of carboxylic acid groups (broad SMARTS) is 4. The molecule has 0 rings (SSSR count). The largest absolute Gasteiger partial charge is 0.481 e. The maximum Gasteiger partial charge on any atom is 0.328 e. The second kappa shape index (κ2) is 13.6. The van der Waals surface area contributed by atoms with E-state index in [-0.39, 0.29) is 0 Å². The summed E-state index contributed by atoms with van der Waals surface area (Å²) in [5.41, 5.74) is 5.39. The van der Waals surface area contributed by atoms with Crippen molar-refractivity contribution >= 4 is 41.6 Å². The second-order valence-electron chi connectivity index (χ2n) is 6.92. The summed E-state index contributed by atoms with van der Waals surface area (Å²) in [6, 6.07) is -6.94. The number of carboxylic acids is 4. The van der Waals surface area contributed by atoms with Crippen LogP contribution in [0.5, 0.6) is 0 Å². The molecule has 16 heteroatoms. The smallest absolute Gasteiger partial charge is 0.328 e. The Kier molecular flexibility index (Phi) is 12.0. The van der Waals surface area contributed by atoms with Gasteiger partial charge < -0.3 is 47.2 Å². The molecule has 0 aliphatic heterocycles. The van der Waals surface area contributed by atoms with E-state index in [2.05, 4.69) is 0 Å². The van der Waals surface area contributed by atoms with E-state index >= 15 is 0 Å². The van der Waals surface area contributed by atoms with E-state index in [0.717, 1.165) is 6.92 Å². The Morgan fingerprint density at radius 1 is 0.727 bits per heavy atom. The van der Waals surface area contributed by atoms with Crippen LogP contribution in [0.3, 0.4) is 0 Å². The van der Waals surface area contributed by atoms with Gasteiger partial charge in [-0.05, 0) is 13.3 Å². The summed E-state index contributed by atoms with van der Waals surface area (Å²) in [5, 5.41) is 50.9. The first-order valence-corrected chi connectivity index (χ1v) is 9.38. The first kappa shape index (κ1) is 29.2. The Hall–Kier alpha value is -3.79. The topological polar surface area (TPSA) is 283 Å². The zero-order valence-corrected chi connectivity index (χ0v) is 17.4. The lowest BCUT2D eigenvalue weighted by molar-refractivity contribution is -0.146. The molecule has 0 aliphatic carbocycles. The highest BCUT2D eigenvalue weighted by molar-refractivity contribution is 5.96. The zero-order chi connectivity index (χ0) is 25.9. The Balaban J connectivity index is 5.60. The second-order valence-corrected chi connectivity index (χ2v) is 6.92. The number of aliphatic hydroxyl groups is 1. The third-order valence-electron chi connectivity index (χ3n) is 4.07. The molecule has 0 spiro atoms. The van der Waals surface area contributed by atoms with Crippen molar-refractivity contribution in [3.05, 3.63) is 0 Å². The van der Waals surface area contributed by atoms with E-state index in [1.807, 2.05) is 16.0 Å². The molecule has 0 aromatic carbocycles. The van der Waals surface area contributed by atoms with Gasteiger partial charge in [0.2, 0.25) is 17.7 Å². The quantitative estimate of drug-likeness (QED) is 0.109. The highest BCUT2D eigenvalue weighted by Gasteiger charge is 2.33. The van der Waals surface area contributed by atoms with Crippen LogP contribution < -0.4 is 21.7 Å². The third-order valence-corrected chi connectivity index (χ3v) is 4.07. The fraction of sp³-hybridized carbons (Fsp3) is 0.588. The van der Waals surface area contributed by atoms with Crippen LogP contribution in [-0.4, -0.2) is 97.4 Å². The molecule has 5 unspecified atom stereocenters. The number of nitrogens with two attached hydrogens (primary N) is 1. The summed E-state index contributed by atoms with van der Waals surface area (Å²) in [6.45, 7) is 1.04. The fourth-order valence-electron chi connectivity index (χ4n) is 2.39. The molecule has 10 N–H and O–H groups in total. The number of amides is 3. The standard InChI is InChI=1S/C17H26N4O12/c1-6(22)13(17(32)33)21-16(31)9(5-12(27)28)20-15(30)8(2-3-10(23)24)19-14(29)7(18)4-11(25)26/h6-9,13,22H,2-5,18H2,1H3,(H,19,29)(H,20,30)(H,21,31)(H,23,24)(H,25,26)(H,27,28)(H,32,33). The van der Waals surface area contributed by atoms with Crippen LogP contribution in [0.4, 0.5) is 0 Å². The molecule has 0 heterocycles. The van der Waals surface area contributed by atoms with E-state index in [4.69, 9.17) is 26.2 Å². The number of hydrogen-bond donors (Lipinski definition) is 9. The lowest BCUT2D eigenvalue weighted by Crippen LogP contribution is -2.58. The van der Waals surface area contributed by atoms with E-state index in [0.29, 0.717) is 0 Å². The Morgan fingerprint density at radius 2 is 1.21 bits per heavy atom. The maximum absolute atomic E-state index is 12.6. The van der Waals surface area contributed by atoms with Gasteiger partial charge in [0.05, 0.1) is 25.0 Å². The van der Waals surface area contributed by atoms with E-state index in [1.54, 1.807) is 0 Å². The molecular weight excluding hydrogens is 452 g/mol. The average Bonchev–Trinajstić information content (AvgIpc) is 2.66. The maximum atomic E-state index is 12.6. The minimum absolute atomic E-state index is 0.528. The van der Waals surface area contributed by atoms with Gasteiger partial charge in [0.25, 0.3) is 0 Å². The van der Waals surface area contributed by atoms with E-state index in [9.17, 15) is 38.7 Å².